The van der Waals surface area contributed by atoms with Crippen molar-refractivity contribution in [2.75, 3.05) is 11.9 Å². The Kier molecular flexibility index (Phi) is 4.61. The highest BCUT2D eigenvalue weighted by Gasteiger charge is 2.50. The molecule has 2 N–H and O–H groups in total. The van der Waals surface area contributed by atoms with Crippen LogP contribution in [-0.4, -0.2) is 32.8 Å². The number of hydrogen-bond donors (Lipinski definition) is 2. The maximum atomic E-state index is 13.2. The van der Waals surface area contributed by atoms with E-state index in [1.54, 1.807) is 0 Å². The summed E-state index contributed by atoms with van der Waals surface area (Å²) in [4.78, 5) is 16.5. The largest absolute Gasteiger partial charge is 0.416 e. The fraction of sp³-hybridized carbons (Fsp3) is 0.571. The van der Waals surface area contributed by atoms with Crippen LogP contribution in [0, 0.1) is 17.8 Å². The Bertz CT molecular complexity index is 905. The van der Waals surface area contributed by atoms with Gasteiger partial charge in [0.15, 0.2) is 0 Å². The number of hydrogen-bond acceptors (Lipinski definition) is 4. The Morgan fingerprint density at radius 1 is 1.13 bits per heavy atom. The summed E-state index contributed by atoms with van der Waals surface area (Å²) < 4.78 is 40.9. The van der Waals surface area contributed by atoms with Gasteiger partial charge in [0.25, 0.3) is 0 Å². The number of aromatic nitrogens is 3. The van der Waals surface area contributed by atoms with Crippen LogP contribution in [0.5, 0.6) is 0 Å². The molecule has 1 aromatic heterocycles. The molecule has 0 aliphatic heterocycles. The van der Waals surface area contributed by atoms with Gasteiger partial charge >= 0.3 is 6.18 Å². The van der Waals surface area contributed by atoms with E-state index in [1.165, 1.54) is 42.7 Å². The lowest BCUT2D eigenvalue weighted by Gasteiger charge is -2.57. The first-order chi connectivity index (χ1) is 14.3. The van der Waals surface area contributed by atoms with Gasteiger partial charge in [-0.2, -0.15) is 18.3 Å². The summed E-state index contributed by atoms with van der Waals surface area (Å²) in [6, 6.07) is 3.21. The van der Waals surface area contributed by atoms with Gasteiger partial charge in [0.1, 0.15) is 12.7 Å². The first kappa shape index (κ1) is 19.5. The van der Waals surface area contributed by atoms with Gasteiger partial charge in [0, 0.05) is 5.54 Å². The topological polar surface area (TPSA) is 71.8 Å². The molecule has 0 atom stereocenters. The second-order valence-corrected chi connectivity index (χ2v) is 9.17. The third-order valence-corrected chi connectivity index (χ3v) is 6.93. The van der Waals surface area contributed by atoms with E-state index >= 15 is 0 Å². The molecule has 0 radical (unpaired) electrons. The van der Waals surface area contributed by atoms with Crippen molar-refractivity contribution in [3.05, 3.63) is 36.4 Å². The van der Waals surface area contributed by atoms with Crippen molar-refractivity contribution in [1.82, 2.24) is 20.1 Å². The first-order valence-corrected chi connectivity index (χ1v) is 10.4. The molecule has 4 fully saturated rings. The molecule has 2 aromatic rings. The number of carbonyl (C=O) groups is 1. The molecule has 1 aromatic carbocycles. The first-order valence-electron chi connectivity index (χ1n) is 10.4. The van der Waals surface area contributed by atoms with E-state index in [0.29, 0.717) is 5.69 Å². The lowest BCUT2D eigenvalue weighted by Crippen LogP contribution is -2.59. The van der Waals surface area contributed by atoms with E-state index in [1.807, 2.05) is 0 Å². The summed E-state index contributed by atoms with van der Waals surface area (Å²) in [5.74, 6) is 1.88. The lowest BCUT2D eigenvalue weighted by atomic mass is 9.53. The quantitative estimate of drug-likeness (QED) is 0.774. The van der Waals surface area contributed by atoms with Crippen LogP contribution in [-0.2, 0) is 11.0 Å². The van der Waals surface area contributed by atoms with Crippen molar-refractivity contribution in [1.29, 1.82) is 0 Å². The van der Waals surface area contributed by atoms with E-state index in [9.17, 15) is 18.0 Å². The number of anilines is 1. The number of nitrogens with one attached hydrogen (secondary N) is 2. The summed E-state index contributed by atoms with van der Waals surface area (Å²) in [6.45, 7) is 0.0825. The Morgan fingerprint density at radius 2 is 1.80 bits per heavy atom. The SMILES string of the molecule is O=C(CNC12CC3CC(CC(C3)C1)C2)Nc1cc(C(F)(F)F)ccc1-n1cncn1. The normalized spacial score (nSPS) is 29.9. The Balaban J connectivity index is 1.32. The van der Waals surface area contributed by atoms with E-state index in [0.717, 1.165) is 49.1 Å². The van der Waals surface area contributed by atoms with Crippen molar-refractivity contribution >= 4 is 11.6 Å². The van der Waals surface area contributed by atoms with Crippen LogP contribution < -0.4 is 10.6 Å². The highest BCUT2D eigenvalue weighted by molar-refractivity contribution is 5.94. The summed E-state index contributed by atoms with van der Waals surface area (Å²) >= 11 is 0. The summed E-state index contributed by atoms with van der Waals surface area (Å²) in [5, 5.41) is 10.1. The molecular weight excluding hydrogens is 395 g/mol. The molecule has 0 unspecified atom stereocenters. The minimum Gasteiger partial charge on any atom is -0.323 e. The zero-order chi connectivity index (χ0) is 20.9. The van der Waals surface area contributed by atoms with Gasteiger partial charge in [-0.25, -0.2) is 9.67 Å². The van der Waals surface area contributed by atoms with Crippen LogP contribution >= 0.6 is 0 Å². The third-order valence-electron chi connectivity index (χ3n) is 6.93. The van der Waals surface area contributed by atoms with E-state index in [2.05, 4.69) is 20.7 Å². The number of carbonyl (C=O) groups excluding carboxylic acids is 1. The second-order valence-electron chi connectivity index (χ2n) is 9.17. The van der Waals surface area contributed by atoms with Crippen molar-refractivity contribution in [3.63, 3.8) is 0 Å². The molecule has 160 valence electrons. The minimum absolute atomic E-state index is 0.00857. The van der Waals surface area contributed by atoms with Crippen molar-refractivity contribution in [3.8, 4) is 5.69 Å². The molecule has 4 saturated carbocycles. The molecular formula is C21H24F3N5O. The summed E-state index contributed by atoms with van der Waals surface area (Å²) in [7, 11) is 0. The van der Waals surface area contributed by atoms with Crippen molar-refractivity contribution in [2.45, 2.75) is 50.2 Å². The highest BCUT2D eigenvalue weighted by Crippen LogP contribution is 2.55. The smallest absolute Gasteiger partial charge is 0.323 e. The van der Waals surface area contributed by atoms with Gasteiger partial charge in [0.05, 0.1) is 23.5 Å². The van der Waals surface area contributed by atoms with Crippen LogP contribution in [0.4, 0.5) is 18.9 Å². The Morgan fingerprint density at radius 3 is 2.37 bits per heavy atom. The van der Waals surface area contributed by atoms with Crippen LogP contribution in [0.3, 0.4) is 0 Å². The molecule has 6 rings (SSSR count). The molecule has 0 spiro atoms. The molecule has 0 saturated heterocycles. The lowest BCUT2D eigenvalue weighted by molar-refractivity contribution is -0.137. The summed E-state index contributed by atoms with van der Waals surface area (Å²) in [6.07, 6.45) is 5.37. The zero-order valence-electron chi connectivity index (χ0n) is 16.5. The standard InChI is InChI=1S/C21H24F3N5O/c22-21(23,24)16-1-2-18(29-12-25-11-27-29)17(6-16)28-19(30)10-26-20-7-13-3-14(8-20)5-15(4-13)9-20/h1-2,6,11-15,26H,3-5,7-10H2,(H,28,30). The van der Waals surface area contributed by atoms with E-state index in [4.69, 9.17) is 0 Å². The molecule has 6 nitrogen and oxygen atoms in total. The van der Waals surface area contributed by atoms with Crippen molar-refractivity contribution < 1.29 is 18.0 Å². The maximum Gasteiger partial charge on any atom is 0.416 e. The number of amides is 1. The van der Waals surface area contributed by atoms with Gasteiger partial charge < -0.3 is 10.6 Å². The predicted molar refractivity (Wildman–Crippen MR) is 104 cm³/mol. The van der Waals surface area contributed by atoms with Gasteiger partial charge in [0.2, 0.25) is 5.91 Å². The number of halogens is 3. The fourth-order valence-corrected chi connectivity index (χ4v) is 6.13. The Labute approximate surface area is 172 Å². The Hall–Kier alpha value is -2.42. The number of nitrogens with zero attached hydrogens (tertiary/aromatic N) is 3. The second kappa shape index (κ2) is 7.08. The molecule has 4 bridgehead atoms. The molecule has 1 heterocycles. The average molecular weight is 419 g/mol. The average Bonchev–Trinajstić information content (AvgIpc) is 3.19. The minimum atomic E-state index is -4.50. The van der Waals surface area contributed by atoms with Gasteiger partial charge in [-0.15, -0.1) is 0 Å². The number of alkyl halides is 3. The number of rotatable bonds is 5. The zero-order valence-corrected chi connectivity index (χ0v) is 16.5. The van der Waals surface area contributed by atoms with Gasteiger partial charge in [-0.1, -0.05) is 0 Å². The van der Waals surface area contributed by atoms with Gasteiger partial charge in [-0.3, -0.25) is 4.79 Å². The van der Waals surface area contributed by atoms with E-state index < -0.39 is 11.7 Å². The molecule has 4 aliphatic carbocycles. The van der Waals surface area contributed by atoms with Crippen LogP contribution in [0.2, 0.25) is 0 Å². The number of benzene rings is 1. The van der Waals surface area contributed by atoms with Crippen molar-refractivity contribution in [2.24, 2.45) is 17.8 Å². The third kappa shape index (κ3) is 3.71. The summed E-state index contributed by atoms with van der Waals surface area (Å²) in [5.41, 5.74) is -0.416. The van der Waals surface area contributed by atoms with Crippen LogP contribution in [0.1, 0.15) is 44.1 Å². The predicted octanol–water partition coefficient (Wildman–Crippen LogP) is 3.78. The highest BCUT2D eigenvalue weighted by atomic mass is 19.4. The van der Waals surface area contributed by atoms with Gasteiger partial charge in [-0.05, 0) is 74.5 Å². The monoisotopic (exact) mass is 419 g/mol. The molecule has 30 heavy (non-hydrogen) atoms. The molecule has 4 aliphatic rings. The molecule has 1 amide bonds. The maximum absolute atomic E-state index is 13.2. The van der Waals surface area contributed by atoms with E-state index in [-0.39, 0.29) is 23.7 Å². The van der Waals surface area contributed by atoms with Crippen LogP contribution in [0.25, 0.3) is 5.69 Å². The van der Waals surface area contributed by atoms with Crippen LogP contribution in [0.15, 0.2) is 30.9 Å². The molecule has 9 heteroatoms. The fourth-order valence-electron chi connectivity index (χ4n) is 6.13.